The van der Waals surface area contributed by atoms with Crippen molar-refractivity contribution in [2.75, 3.05) is 0 Å². The van der Waals surface area contributed by atoms with E-state index in [-0.39, 0.29) is 6.42 Å². The molecule has 0 rings (SSSR count). The smallest absolute Gasteiger partial charge is 0.307 e. The largest absolute Gasteiger partial charge is 0.481 e. The van der Waals surface area contributed by atoms with Gasteiger partial charge in [-0.15, -0.1) is 0 Å². The quantitative estimate of drug-likeness (QED) is 0.716. The van der Waals surface area contributed by atoms with E-state index < -0.39 is 23.5 Å². The third-order valence-electron chi connectivity index (χ3n) is 1.82. The van der Waals surface area contributed by atoms with Gasteiger partial charge in [0.1, 0.15) is 5.60 Å². The number of ether oxygens (including phenoxy) is 1. The molecule has 0 spiro atoms. The molecule has 0 bridgehead atoms. The summed E-state index contributed by atoms with van der Waals surface area (Å²) in [5, 5.41) is 8.84. The van der Waals surface area contributed by atoms with E-state index in [1.165, 1.54) is 0 Å². The Morgan fingerprint density at radius 3 is 2.20 bits per heavy atom. The van der Waals surface area contributed by atoms with Crippen molar-refractivity contribution in [3.8, 4) is 0 Å². The Morgan fingerprint density at radius 2 is 1.87 bits per heavy atom. The van der Waals surface area contributed by atoms with Crippen molar-refractivity contribution in [3.63, 3.8) is 0 Å². The fourth-order valence-corrected chi connectivity index (χ4v) is 1.25. The summed E-state index contributed by atoms with van der Waals surface area (Å²) in [6, 6.07) is 0. The fourth-order valence-electron chi connectivity index (χ4n) is 1.25. The lowest BCUT2D eigenvalue weighted by atomic mass is 10.00. The van der Waals surface area contributed by atoms with Gasteiger partial charge in [-0.2, -0.15) is 0 Å². The lowest BCUT2D eigenvalue weighted by Gasteiger charge is -2.20. The molecule has 0 aromatic carbocycles. The summed E-state index contributed by atoms with van der Waals surface area (Å²) in [6.45, 7) is 7.19. The van der Waals surface area contributed by atoms with Gasteiger partial charge in [0, 0.05) is 0 Å². The summed E-state index contributed by atoms with van der Waals surface area (Å²) in [6.07, 6.45) is 1.22. The van der Waals surface area contributed by atoms with Crippen molar-refractivity contribution < 1.29 is 19.4 Å². The second kappa shape index (κ2) is 5.73. The fraction of sp³-hybridized carbons (Fsp3) is 0.818. The van der Waals surface area contributed by atoms with E-state index in [1.807, 2.05) is 6.92 Å². The van der Waals surface area contributed by atoms with Crippen molar-refractivity contribution in [1.29, 1.82) is 0 Å². The number of carbonyl (C=O) groups is 2. The molecule has 0 amide bonds. The summed E-state index contributed by atoms with van der Waals surface area (Å²) in [7, 11) is 0. The van der Waals surface area contributed by atoms with E-state index in [9.17, 15) is 9.59 Å². The van der Waals surface area contributed by atoms with Crippen molar-refractivity contribution >= 4 is 11.9 Å². The highest BCUT2D eigenvalue weighted by atomic mass is 16.6. The van der Waals surface area contributed by atoms with Crippen LogP contribution in [0.3, 0.4) is 0 Å². The van der Waals surface area contributed by atoms with Crippen LogP contribution in [0.5, 0.6) is 0 Å². The van der Waals surface area contributed by atoms with E-state index >= 15 is 0 Å². The van der Waals surface area contributed by atoms with Crippen LogP contribution in [0.4, 0.5) is 0 Å². The number of rotatable bonds is 5. The van der Waals surface area contributed by atoms with Crippen LogP contribution in [0, 0.1) is 5.92 Å². The van der Waals surface area contributed by atoms with Crippen LogP contribution in [-0.4, -0.2) is 22.6 Å². The first-order chi connectivity index (χ1) is 6.76. The number of carboxylic acid groups (broad SMARTS) is 1. The van der Waals surface area contributed by atoms with Gasteiger partial charge in [-0.1, -0.05) is 13.3 Å². The zero-order valence-corrected chi connectivity index (χ0v) is 9.87. The first-order valence-electron chi connectivity index (χ1n) is 5.21. The molecule has 0 saturated carbocycles. The molecule has 1 N–H and O–H groups in total. The van der Waals surface area contributed by atoms with Crippen molar-refractivity contribution in [2.24, 2.45) is 5.92 Å². The van der Waals surface area contributed by atoms with Crippen molar-refractivity contribution in [1.82, 2.24) is 0 Å². The first-order valence-corrected chi connectivity index (χ1v) is 5.21. The molecule has 0 radical (unpaired) electrons. The summed E-state index contributed by atoms with van der Waals surface area (Å²) >= 11 is 0. The highest BCUT2D eigenvalue weighted by Crippen LogP contribution is 2.15. The minimum Gasteiger partial charge on any atom is -0.481 e. The van der Waals surface area contributed by atoms with E-state index in [1.54, 1.807) is 20.8 Å². The number of aliphatic carboxylic acids is 1. The maximum absolute atomic E-state index is 11.4. The number of carboxylic acids is 1. The summed E-state index contributed by atoms with van der Waals surface area (Å²) < 4.78 is 5.06. The molecule has 0 unspecified atom stereocenters. The van der Waals surface area contributed by atoms with E-state index in [0.29, 0.717) is 6.42 Å². The van der Waals surface area contributed by atoms with Crippen LogP contribution in [0.25, 0.3) is 0 Å². The molecule has 0 heterocycles. The predicted molar refractivity (Wildman–Crippen MR) is 56.5 cm³/mol. The van der Waals surface area contributed by atoms with Crippen LogP contribution < -0.4 is 0 Å². The van der Waals surface area contributed by atoms with Gasteiger partial charge in [0.15, 0.2) is 0 Å². The third-order valence-corrected chi connectivity index (χ3v) is 1.82. The van der Waals surface area contributed by atoms with Crippen LogP contribution in [0.1, 0.15) is 47.0 Å². The molecule has 1 atom stereocenters. The van der Waals surface area contributed by atoms with E-state index in [2.05, 4.69) is 0 Å². The van der Waals surface area contributed by atoms with Crippen LogP contribution in [0.2, 0.25) is 0 Å². The molecule has 4 nitrogen and oxygen atoms in total. The molecule has 15 heavy (non-hydrogen) atoms. The first kappa shape index (κ1) is 13.9. The minimum absolute atomic E-state index is 0.0412. The van der Waals surface area contributed by atoms with E-state index in [4.69, 9.17) is 9.84 Å². The molecule has 0 aliphatic heterocycles. The number of hydrogen-bond acceptors (Lipinski definition) is 3. The Balaban J connectivity index is 4.18. The highest BCUT2D eigenvalue weighted by molar-refractivity contribution is 5.78. The molecule has 0 aliphatic rings. The van der Waals surface area contributed by atoms with Crippen molar-refractivity contribution in [2.45, 2.75) is 52.6 Å². The second-order valence-corrected chi connectivity index (χ2v) is 4.61. The predicted octanol–water partition coefficient (Wildman–Crippen LogP) is 2.22. The average molecular weight is 216 g/mol. The Labute approximate surface area is 90.6 Å². The van der Waals surface area contributed by atoms with Crippen LogP contribution in [-0.2, 0) is 14.3 Å². The molecule has 4 heteroatoms. The van der Waals surface area contributed by atoms with Crippen LogP contribution in [0.15, 0.2) is 0 Å². The Kier molecular flexibility index (Phi) is 5.33. The molecular formula is C11H20O4. The summed E-state index contributed by atoms with van der Waals surface area (Å²) in [5.74, 6) is -1.99. The highest BCUT2D eigenvalue weighted by Gasteiger charge is 2.24. The number of esters is 1. The summed E-state index contributed by atoms with van der Waals surface area (Å²) in [4.78, 5) is 22.1. The second-order valence-electron chi connectivity index (χ2n) is 4.61. The Morgan fingerprint density at radius 1 is 1.33 bits per heavy atom. The zero-order chi connectivity index (χ0) is 12.1. The maximum Gasteiger partial charge on any atom is 0.307 e. The van der Waals surface area contributed by atoms with Gasteiger partial charge in [0.25, 0.3) is 0 Å². The van der Waals surface area contributed by atoms with Gasteiger partial charge in [-0.05, 0) is 27.2 Å². The monoisotopic (exact) mass is 216 g/mol. The van der Waals surface area contributed by atoms with Gasteiger partial charge in [0.2, 0.25) is 0 Å². The Hall–Kier alpha value is -1.06. The molecule has 0 aromatic rings. The number of hydrogen-bond donors (Lipinski definition) is 1. The van der Waals surface area contributed by atoms with Gasteiger partial charge in [-0.25, -0.2) is 0 Å². The van der Waals surface area contributed by atoms with Crippen LogP contribution >= 0.6 is 0 Å². The lowest BCUT2D eigenvalue weighted by Crippen LogP contribution is -2.27. The molecule has 0 aromatic heterocycles. The molecular weight excluding hydrogens is 196 g/mol. The van der Waals surface area contributed by atoms with Crippen molar-refractivity contribution in [3.05, 3.63) is 0 Å². The third kappa shape index (κ3) is 6.94. The summed E-state index contributed by atoms with van der Waals surface area (Å²) in [5.41, 5.74) is -0.549. The van der Waals surface area contributed by atoms with E-state index in [0.717, 1.165) is 6.42 Å². The van der Waals surface area contributed by atoms with Gasteiger partial charge >= 0.3 is 11.9 Å². The molecule has 0 aliphatic carbocycles. The van der Waals surface area contributed by atoms with Gasteiger partial charge < -0.3 is 9.84 Å². The molecule has 0 fully saturated rings. The lowest BCUT2D eigenvalue weighted by molar-refractivity contribution is -0.159. The molecule has 88 valence electrons. The standard InChI is InChI=1S/C11H20O4/c1-5-6-8(10(13)14)7-9(12)15-11(2,3)4/h8H,5-7H2,1-4H3,(H,13,14)/t8-/m0/s1. The Bertz CT molecular complexity index is 227. The zero-order valence-electron chi connectivity index (χ0n) is 9.87. The normalized spacial score (nSPS) is 13.3. The average Bonchev–Trinajstić information content (AvgIpc) is 1.99. The SMILES string of the molecule is CCC[C@@H](CC(=O)OC(C)(C)C)C(=O)O. The topological polar surface area (TPSA) is 63.6 Å². The molecule has 0 saturated heterocycles. The maximum atomic E-state index is 11.4. The van der Waals surface area contributed by atoms with Gasteiger partial charge in [0.05, 0.1) is 12.3 Å². The van der Waals surface area contributed by atoms with Gasteiger partial charge in [-0.3, -0.25) is 9.59 Å². The number of carbonyl (C=O) groups excluding carboxylic acids is 1. The minimum atomic E-state index is -0.928.